The molecule has 0 fully saturated rings. The molecular formula is C16H15Cl2N3O3S. The first-order valence-corrected chi connectivity index (χ1v) is 8.22. The maximum absolute atomic E-state index is 11.8. The minimum atomic E-state index is -0.408. The third-order valence-corrected chi connectivity index (χ3v) is 3.66. The number of benzene rings is 2. The van der Waals surface area contributed by atoms with Crippen LogP contribution in [0.5, 0.6) is 11.5 Å². The number of hydrogen-bond acceptors (Lipinski definition) is 4. The third kappa shape index (κ3) is 6.30. The van der Waals surface area contributed by atoms with Crippen molar-refractivity contribution in [1.29, 1.82) is 0 Å². The molecule has 25 heavy (non-hydrogen) atoms. The highest BCUT2D eigenvalue weighted by Gasteiger charge is 2.06. The zero-order chi connectivity index (χ0) is 18.2. The SMILES string of the molecule is COc1cccc(OCC(=O)NNC(=S)Nc2ccc(Cl)cc2Cl)c1. The summed E-state index contributed by atoms with van der Waals surface area (Å²) >= 11 is 16.9. The molecule has 0 aliphatic rings. The first-order chi connectivity index (χ1) is 12.0. The smallest absolute Gasteiger partial charge is 0.276 e. The molecule has 2 rings (SSSR count). The summed E-state index contributed by atoms with van der Waals surface area (Å²) in [4.78, 5) is 11.8. The molecule has 0 saturated heterocycles. The number of ether oxygens (including phenoxy) is 2. The number of carbonyl (C=O) groups excluding carboxylic acids is 1. The highest BCUT2D eigenvalue weighted by atomic mass is 35.5. The van der Waals surface area contributed by atoms with Gasteiger partial charge in [0.2, 0.25) is 0 Å². The monoisotopic (exact) mass is 399 g/mol. The van der Waals surface area contributed by atoms with Crippen molar-refractivity contribution in [3.8, 4) is 11.5 Å². The Balaban J connectivity index is 1.76. The van der Waals surface area contributed by atoms with E-state index in [1.54, 1.807) is 49.6 Å². The molecule has 0 unspecified atom stereocenters. The summed E-state index contributed by atoms with van der Waals surface area (Å²) in [5.74, 6) is 0.749. The van der Waals surface area contributed by atoms with E-state index < -0.39 is 5.91 Å². The zero-order valence-corrected chi connectivity index (χ0v) is 15.5. The quantitative estimate of drug-likeness (QED) is 0.528. The lowest BCUT2D eigenvalue weighted by Gasteiger charge is -2.13. The van der Waals surface area contributed by atoms with Crippen molar-refractivity contribution in [2.45, 2.75) is 0 Å². The van der Waals surface area contributed by atoms with Crippen LogP contribution in [0.3, 0.4) is 0 Å². The number of carbonyl (C=O) groups is 1. The maximum Gasteiger partial charge on any atom is 0.276 e. The minimum absolute atomic E-state index is 0.166. The van der Waals surface area contributed by atoms with Crippen molar-refractivity contribution in [1.82, 2.24) is 10.9 Å². The Morgan fingerprint density at radius 1 is 1.12 bits per heavy atom. The van der Waals surface area contributed by atoms with E-state index in [0.29, 0.717) is 27.2 Å². The zero-order valence-electron chi connectivity index (χ0n) is 13.1. The van der Waals surface area contributed by atoms with Gasteiger partial charge in [-0.05, 0) is 42.5 Å². The van der Waals surface area contributed by atoms with Crippen LogP contribution in [0, 0.1) is 0 Å². The van der Waals surface area contributed by atoms with Gasteiger partial charge in [0.05, 0.1) is 17.8 Å². The van der Waals surface area contributed by atoms with Crippen LogP contribution in [-0.4, -0.2) is 24.7 Å². The molecule has 3 N–H and O–H groups in total. The Hall–Kier alpha value is -2.22. The fraction of sp³-hybridized carbons (Fsp3) is 0.125. The largest absolute Gasteiger partial charge is 0.497 e. The molecule has 0 radical (unpaired) electrons. The van der Waals surface area contributed by atoms with Crippen LogP contribution in [0.2, 0.25) is 10.0 Å². The number of nitrogens with one attached hydrogen (secondary N) is 3. The number of methoxy groups -OCH3 is 1. The highest BCUT2D eigenvalue weighted by Crippen LogP contribution is 2.25. The van der Waals surface area contributed by atoms with E-state index in [0.717, 1.165) is 0 Å². The van der Waals surface area contributed by atoms with Gasteiger partial charge in [0, 0.05) is 11.1 Å². The van der Waals surface area contributed by atoms with Crippen molar-refractivity contribution in [2.24, 2.45) is 0 Å². The summed E-state index contributed by atoms with van der Waals surface area (Å²) in [6.45, 7) is -0.190. The molecule has 2 aromatic carbocycles. The predicted molar refractivity (Wildman–Crippen MR) is 102 cm³/mol. The van der Waals surface area contributed by atoms with Gasteiger partial charge in [-0.25, -0.2) is 0 Å². The molecule has 0 saturated carbocycles. The van der Waals surface area contributed by atoms with Crippen molar-refractivity contribution in [3.63, 3.8) is 0 Å². The lowest BCUT2D eigenvalue weighted by atomic mass is 10.3. The van der Waals surface area contributed by atoms with E-state index in [1.807, 2.05) is 0 Å². The van der Waals surface area contributed by atoms with Crippen molar-refractivity contribution in [3.05, 3.63) is 52.5 Å². The van der Waals surface area contributed by atoms with Crippen LogP contribution in [0.15, 0.2) is 42.5 Å². The van der Waals surface area contributed by atoms with Gasteiger partial charge in [0.25, 0.3) is 5.91 Å². The van der Waals surface area contributed by atoms with Gasteiger partial charge < -0.3 is 14.8 Å². The summed E-state index contributed by atoms with van der Waals surface area (Å²) in [6, 6.07) is 11.9. The first kappa shape index (κ1) is 19.1. The molecule has 0 spiro atoms. The second-order valence-electron chi connectivity index (χ2n) is 4.72. The Kier molecular flexibility index (Phi) is 7.12. The van der Waals surface area contributed by atoms with E-state index in [1.165, 1.54) is 0 Å². The summed E-state index contributed by atoms with van der Waals surface area (Å²) in [5, 5.41) is 3.92. The number of hydrogen-bond donors (Lipinski definition) is 3. The third-order valence-electron chi connectivity index (χ3n) is 2.91. The van der Waals surface area contributed by atoms with E-state index in [2.05, 4.69) is 16.2 Å². The Morgan fingerprint density at radius 3 is 2.60 bits per heavy atom. The van der Waals surface area contributed by atoms with Gasteiger partial charge in [0.15, 0.2) is 11.7 Å². The van der Waals surface area contributed by atoms with Crippen LogP contribution in [0.25, 0.3) is 0 Å². The summed E-state index contributed by atoms with van der Waals surface area (Å²) in [5.41, 5.74) is 5.53. The van der Waals surface area contributed by atoms with Gasteiger partial charge in [-0.15, -0.1) is 0 Å². The van der Waals surface area contributed by atoms with E-state index in [4.69, 9.17) is 44.9 Å². The van der Waals surface area contributed by atoms with Gasteiger partial charge in [-0.3, -0.25) is 15.6 Å². The molecular weight excluding hydrogens is 385 g/mol. The van der Waals surface area contributed by atoms with Gasteiger partial charge in [0.1, 0.15) is 11.5 Å². The molecule has 9 heteroatoms. The molecule has 6 nitrogen and oxygen atoms in total. The second kappa shape index (κ2) is 9.31. The van der Waals surface area contributed by atoms with Crippen LogP contribution in [0.1, 0.15) is 0 Å². The molecule has 0 heterocycles. The van der Waals surface area contributed by atoms with E-state index in [9.17, 15) is 4.79 Å². The highest BCUT2D eigenvalue weighted by molar-refractivity contribution is 7.80. The molecule has 0 bridgehead atoms. The van der Waals surface area contributed by atoms with Gasteiger partial charge >= 0.3 is 0 Å². The molecule has 0 aliphatic heterocycles. The number of rotatable bonds is 5. The second-order valence-corrected chi connectivity index (χ2v) is 5.97. The Bertz CT molecular complexity index is 774. The molecule has 1 amide bonds. The lowest BCUT2D eigenvalue weighted by molar-refractivity contribution is -0.123. The lowest BCUT2D eigenvalue weighted by Crippen LogP contribution is -2.45. The van der Waals surface area contributed by atoms with Crippen molar-refractivity contribution in [2.75, 3.05) is 19.0 Å². The predicted octanol–water partition coefficient (Wildman–Crippen LogP) is 3.40. The van der Waals surface area contributed by atoms with Crippen LogP contribution >= 0.6 is 35.4 Å². The number of anilines is 1. The average Bonchev–Trinajstić information content (AvgIpc) is 2.60. The maximum atomic E-state index is 11.8. The summed E-state index contributed by atoms with van der Waals surface area (Å²) < 4.78 is 10.4. The minimum Gasteiger partial charge on any atom is -0.497 e. The molecule has 0 aromatic heterocycles. The van der Waals surface area contributed by atoms with Gasteiger partial charge in [-0.2, -0.15) is 0 Å². The number of amides is 1. The Morgan fingerprint density at radius 2 is 1.88 bits per heavy atom. The fourth-order valence-corrected chi connectivity index (χ4v) is 2.36. The Labute approximate surface area is 160 Å². The van der Waals surface area contributed by atoms with Crippen LogP contribution < -0.4 is 25.6 Å². The van der Waals surface area contributed by atoms with Crippen LogP contribution in [0.4, 0.5) is 5.69 Å². The molecule has 132 valence electrons. The van der Waals surface area contributed by atoms with Crippen LogP contribution in [-0.2, 0) is 4.79 Å². The number of thiocarbonyl (C=S) groups is 1. The molecule has 2 aromatic rings. The summed E-state index contributed by atoms with van der Waals surface area (Å²) in [6.07, 6.45) is 0. The number of halogens is 2. The summed E-state index contributed by atoms with van der Waals surface area (Å²) in [7, 11) is 1.55. The number of hydrazine groups is 1. The van der Waals surface area contributed by atoms with E-state index >= 15 is 0 Å². The average molecular weight is 400 g/mol. The molecule has 0 aliphatic carbocycles. The first-order valence-electron chi connectivity index (χ1n) is 7.05. The standard InChI is InChI=1S/C16H15Cl2N3O3S/c1-23-11-3-2-4-12(8-11)24-9-15(22)20-21-16(25)19-14-6-5-10(17)7-13(14)18/h2-8H,9H2,1H3,(H,20,22)(H2,19,21,25). The van der Waals surface area contributed by atoms with Gasteiger partial charge in [-0.1, -0.05) is 29.3 Å². The van der Waals surface area contributed by atoms with E-state index in [-0.39, 0.29) is 11.7 Å². The van der Waals surface area contributed by atoms with Crippen molar-refractivity contribution < 1.29 is 14.3 Å². The topological polar surface area (TPSA) is 71.6 Å². The fourth-order valence-electron chi connectivity index (χ4n) is 1.75. The van der Waals surface area contributed by atoms with Crippen molar-refractivity contribution >= 4 is 52.1 Å². The molecule has 0 atom stereocenters. The normalized spacial score (nSPS) is 9.88.